The van der Waals surface area contributed by atoms with Gasteiger partial charge in [0.05, 0.1) is 0 Å². The lowest BCUT2D eigenvalue weighted by atomic mass is 9.74. The van der Waals surface area contributed by atoms with Crippen molar-refractivity contribution in [3.63, 3.8) is 0 Å². The molecule has 4 nitrogen and oxygen atoms in total. The summed E-state index contributed by atoms with van der Waals surface area (Å²) in [7, 11) is 0. The maximum absolute atomic E-state index is 12.4. The second-order valence-electron chi connectivity index (χ2n) is 7.01. The Bertz CT molecular complexity index is 692. The summed E-state index contributed by atoms with van der Waals surface area (Å²) in [5.41, 5.74) is 3.33. The zero-order valence-corrected chi connectivity index (χ0v) is 15.5. The van der Waals surface area contributed by atoms with Crippen LogP contribution in [-0.4, -0.2) is 25.8 Å². The molecule has 0 radical (unpaired) electrons. The summed E-state index contributed by atoms with van der Waals surface area (Å²) in [6.07, 6.45) is 4.03. The number of anilines is 1. The molecule has 3 rings (SSSR count). The Morgan fingerprint density at radius 3 is 2.38 bits per heavy atom. The van der Waals surface area contributed by atoms with Crippen molar-refractivity contribution < 1.29 is 9.53 Å². The van der Waals surface area contributed by atoms with Crippen molar-refractivity contribution >= 4 is 11.7 Å². The molecule has 0 unspecified atom stereocenters. The normalized spacial score (nSPS) is 16.0. The van der Waals surface area contributed by atoms with E-state index in [0.717, 1.165) is 44.6 Å². The van der Waals surface area contributed by atoms with Gasteiger partial charge in [0.25, 0.3) is 0 Å². The minimum Gasteiger partial charge on any atom is -0.381 e. The second-order valence-corrected chi connectivity index (χ2v) is 7.01. The highest BCUT2D eigenvalue weighted by molar-refractivity contribution is 5.89. The minimum absolute atomic E-state index is 0.0537. The van der Waals surface area contributed by atoms with Crippen LogP contribution < -0.4 is 10.6 Å². The fourth-order valence-corrected chi connectivity index (χ4v) is 3.59. The van der Waals surface area contributed by atoms with E-state index in [4.69, 9.17) is 4.74 Å². The first-order valence-corrected chi connectivity index (χ1v) is 9.49. The molecule has 0 saturated carbocycles. The number of hydrogen-bond donors (Lipinski definition) is 2. The van der Waals surface area contributed by atoms with E-state index in [1.807, 2.05) is 18.2 Å². The molecule has 2 aromatic carbocycles. The van der Waals surface area contributed by atoms with E-state index in [1.165, 1.54) is 11.1 Å². The van der Waals surface area contributed by atoms with Crippen LogP contribution in [0.3, 0.4) is 0 Å². The Morgan fingerprint density at radius 1 is 1.04 bits per heavy atom. The smallest absolute Gasteiger partial charge is 0.319 e. The summed E-state index contributed by atoms with van der Waals surface area (Å²) in [5, 5.41) is 6.01. The molecule has 0 bridgehead atoms. The van der Waals surface area contributed by atoms with Crippen molar-refractivity contribution in [2.24, 2.45) is 0 Å². The summed E-state index contributed by atoms with van der Waals surface area (Å²) < 4.78 is 5.55. The standard InChI is InChI=1S/C22H28N2O2/c1-2-6-18-9-11-20(12-10-18)24-21(25)23-17-22(13-15-26-16-14-22)19-7-4-3-5-8-19/h3-5,7-12H,2,6,13-17H2,1H3,(H2,23,24,25). The highest BCUT2D eigenvalue weighted by Gasteiger charge is 2.34. The maximum atomic E-state index is 12.4. The van der Waals surface area contributed by atoms with Gasteiger partial charge in [-0.2, -0.15) is 0 Å². The molecule has 0 aromatic heterocycles. The highest BCUT2D eigenvalue weighted by Crippen LogP contribution is 2.34. The third kappa shape index (κ3) is 4.64. The zero-order valence-electron chi connectivity index (χ0n) is 15.5. The molecule has 0 aliphatic carbocycles. The van der Waals surface area contributed by atoms with Crippen molar-refractivity contribution in [1.29, 1.82) is 0 Å². The van der Waals surface area contributed by atoms with Crippen LogP contribution in [-0.2, 0) is 16.6 Å². The Kier molecular flexibility index (Phi) is 6.29. The highest BCUT2D eigenvalue weighted by atomic mass is 16.5. The Labute approximate surface area is 156 Å². The van der Waals surface area contributed by atoms with Crippen LogP contribution in [0.5, 0.6) is 0 Å². The van der Waals surface area contributed by atoms with E-state index in [9.17, 15) is 4.79 Å². The summed E-state index contributed by atoms with van der Waals surface area (Å²) in [5.74, 6) is 0. The molecule has 1 fully saturated rings. The van der Waals surface area contributed by atoms with Crippen molar-refractivity contribution in [2.45, 2.75) is 38.0 Å². The number of ether oxygens (including phenoxy) is 1. The molecule has 1 saturated heterocycles. The van der Waals surface area contributed by atoms with E-state index < -0.39 is 0 Å². The Balaban J connectivity index is 1.61. The molecular formula is C22H28N2O2. The zero-order chi connectivity index (χ0) is 18.2. The van der Waals surface area contributed by atoms with Crippen LogP contribution in [0, 0.1) is 0 Å². The average Bonchev–Trinajstić information content (AvgIpc) is 2.70. The van der Waals surface area contributed by atoms with Crippen LogP contribution in [0.25, 0.3) is 0 Å². The van der Waals surface area contributed by atoms with Crippen LogP contribution in [0.4, 0.5) is 10.5 Å². The first-order chi connectivity index (χ1) is 12.7. The number of rotatable bonds is 6. The van der Waals surface area contributed by atoms with Gasteiger partial charge in [0, 0.05) is 30.9 Å². The lowest BCUT2D eigenvalue weighted by molar-refractivity contribution is 0.0508. The molecule has 2 N–H and O–H groups in total. The van der Waals surface area contributed by atoms with Crippen molar-refractivity contribution in [3.05, 3.63) is 65.7 Å². The number of benzene rings is 2. The number of carbonyl (C=O) groups excluding carboxylic acids is 1. The molecule has 2 amide bonds. The third-order valence-corrected chi connectivity index (χ3v) is 5.17. The van der Waals surface area contributed by atoms with Gasteiger partial charge in [-0.05, 0) is 42.5 Å². The molecule has 4 heteroatoms. The third-order valence-electron chi connectivity index (χ3n) is 5.17. The number of amides is 2. The fraction of sp³-hybridized carbons (Fsp3) is 0.409. The molecule has 1 aliphatic heterocycles. The van der Waals surface area contributed by atoms with E-state index in [1.54, 1.807) is 0 Å². The molecule has 1 heterocycles. The molecule has 0 spiro atoms. The average molecular weight is 352 g/mol. The summed E-state index contributed by atoms with van der Waals surface area (Å²) in [6, 6.07) is 18.4. The second kappa shape index (κ2) is 8.86. The molecular weight excluding hydrogens is 324 g/mol. The largest absolute Gasteiger partial charge is 0.381 e. The molecule has 138 valence electrons. The topological polar surface area (TPSA) is 50.4 Å². The summed E-state index contributed by atoms with van der Waals surface area (Å²) in [4.78, 5) is 12.4. The van der Waals surface area contributed by atoms with Gasteiger partial charge in [0.2, 0.25) is 0 Å². The van der Waals surface area contributed by atoms with Crippen LogP contribution >= 0.6 is 0 Å². The Hall–Kier alpha value is -2.33. The fourth-order valence-electron chi connectivity index (χ4n) is 3.59. The van der Waals surface area contributed by atoms with Crippen LogP contribution in [0.15, 0.2) is 54.6 Å². The van der Waals surface area contributed by atoms with Gasteiger partial charge < -0.3 is 15.4 Å². The minimum atomic E-state index is -0.157. The van der Waals surface area contributed by atoms with Crippen molar-refractivity contribution in [3.8, 4) is 0 Å². The predicted octanol–water partition coefficient (Wildman–Crippen LogP) is 4.51. The maximum Gasteiger partial charge on any atom is 0.319 e. The lowest BCUT2D eigenvalue weighted by Crippen LogP contribution is -2.45. The molecule has 26 heavy (non-hydrogen) atoms. The van der Waals surface area contributed by atoms with E-state index >= 15 is 0 Å². The number of nitrogens with one attached hydrogen (secondary N) is 2. The molecule has 0 atom stereocenters. The van der Waals surface area contributed by atoms with E-state index in [0.29, 0.717) is 6.54 Å². The summed E-state index contributed by atoms with van der Waals surface area (Å²) >= 11 is 0. The summed E-state index contributed by atoms with van der Waals surface area (Å²) in [6.45, 7) is 4.24. The molecule has 1 aliphatic rings. The van der Waals surface area contributed by atoms with E-state index in [-0.39, 0.29) is 11.4 Å². The van der Waals surface area contributed by atoms with Gasteiger partial charge in [0.15, 0.2) is 0 Å². The van der Waals surface area contributed by atoms with Crippen molar-refractivity contribution in [2.75, 3.05) is 25.1 Å². The SMILES string of the molecule is CCCc1ccc(NC(=O)NCC2(c3ccccc3)CCOCC2)cc1. The predicted molar refractivity (Wildman–Crippen MR) is 106 cm³/mol. The number of aryl methyl sites for hydroxylation is 1. The van der Waals surface area contributed by atoms with Crippen molar-refractivity contribution in [1.82, 2.24) is 5.32 Å². The van der Waals surface area contributed by atoms with Gasteiger partial charge in [0.1, 0.15) is 0 Å². The van der Waals surface area contributed by atoms with E-state index in [2.05, 4.69) is 54.0 Å². The van der Waals surface area contributed by atoms with Gasteiger partial charge >= 0.3 is 6.03 Å². The lowest BCUT2D eigenvalue weighted by Gasteiger charge is -2.38. The van der Waals surface area contributed by atoms with Gasteiger partial charge in [-0.15, -0.1) is 0 Å². The molecule has 2 aromatic rings. The van der Waals surface area contributed by atoms with Gasteiger partial charge in [-0.25, -0.2) is 4.79 Å². The Morgan fingerprint density at radius 2 is 1.73 bits per heavy atom. The quantitative estimate of drug-likeness (QED) is 0.804. The van der Waals surface area contributed by atoms with Gasteiger partial charge in [-0.3, -0.25) is 0 Å². The first-order valence-electron chi connectivity index (χ1n) is 9.49. The van der Waals surface area contributed by atoms with Crippen LogP contribution in [0.2, 0.25) is 0 Å². The first kappa shape index (κ1) is 18.5. The number of carbonyl (C=O) groups is 1. The number of urea groups is 1. The monoisotopic (exact) mass is 352 g/mol. The van der Waals surface area contributed by atoms with Gasteiger partial charge in [-0.1, -0.05) is 55.8 Å². The number of hydrogen-bond acceptors (Lipinski definition) is 2. The van der Waals surface area contributed by atoms with Crippen LogP contribution in [0.1, 0.15) is 37.3 Å².